The number of hydrogen-bond donors (Lipinski definition) is 2. The third-order valence-corrected chi connectivity index (χ3v) is 3.60. The van der Waals surface area contributed by atoms with Gasteiger partial charge in [-0.25, -0.2) is 0 Å². The largest absolute Gasteiger partial charge is 0.383 e. The molecule has 2 atom stereocenters. The molecular formula is C12H24N2OS. The van der Waals surface area contributed by atoms with Crippen molar-refractivity contribution >= 4 is 17.3 Å². The smallest absolute Gasteiger partial charge is 0.166 e. The minimum Gasteiger partial charge on any atom is -0.383 e. The molecule has 1 fully saturated rings. The summed E-state index contributed by atoms with van der Waals surface area (Å²) in [6.45, 7) is 3.75. The summed E-state index contributed by atoms with van der Waals surface area (Å²) in [4.78, 5) is 0. The molecule has 0 spiro atoms. The maximum absolute atomic E-state index is 5.27. The fraction of sp³-hybridized carbons (Fsp3) is 0.917. The van der Waals surface area contributed by atoms with Crippen molar-refractivity contribution in [1.82, 2.24) is 10.6 Å². The van der Waals surface area contributed by atoms with Crippen LogP contribution >= 0.6 is 12.2 Å². The maximum atomic E-state index is 5.27. The molecule has 1 rings (SSSR count). The van der Waals surface area contributed by atoms with Crippen LogP contribution < -0.4 is 10.6 Å². The van der Waals surface area contributed by atoms with Gasteiger partial charge in [0.25, 0.3) is 0 Å². The minimum absolute atomic E-state index is 0.571. The Kier molecular flexibility index (Phi) is 6.73. The first-order chi connectivity index (χ1) is 7.77. The highest BCUT2D eigenvalue weighted by Crippen LogP contribution is 2.26. The summed E-state index contributed by atoms with van der Waals surface area (Å²) in [5.41, 5.74) is 0. The van der Waals surface area contributed by atoms with Crippen molar-refractivity contribution in [3.63, 3.8) is 0 Å². The predicted molar refractivity (Wildman–Crippen MR) is 71.6 cm³/mol. The summed E-state index contributed by atoms with van der Waals surface area (Å²) >= 11 is 5.27. The molecule has 0 saturated heterocycles. The zero-order chi connectivity index (χ0) is 11.8. The fourth-order valence-corrected chi connectivity index (χ4v) is 2.63. The van der Waals surface area contributed by atoms with Gasteiger partial charge in [-0.1, -0.05) is 26.2 Å². The molecular weight excluding hydrogens is 220 g/mol. The Labute approximate surface area is 104 Å². The maximum Gasteiger partial charge on any atom is 0.166 e. The number of nitrogens with one attached hydrogen (secondary N) is 2. The van der Waals surface area contributed by atoms with Crippen molar-refractivity contribution in [3.8, 4) is 0 Å². The van der Waals surface area contributed by atoms with Gasteiger partial charge in [0.2, 0.25) is 0 Å². The van der Waals surface area contributed by atoms with Crippen LogP contribution in [0.5, 0.6) is 0 Å². The van der Waals surface area contributed by atoms with Crippen molar-refractivity contribution in [3.05, 3.63) is 0 Å². The zero-order valence-corrected chi connectivity index (χ0v) is 11.2. The van der Waals surface area contributed by atoms with Gasteiger partial charge in [0.1, 0.15) is 0 Å². The van der Waals surface area contributed by atoms with E-state index in [2.05, 4.69) is 17.6 Å². The van der Waals surface area contributed by atoms with Crippen LogP contribution in [0.3, 0.4) is 0 Å². The van der Waals surface area contributed by atoms with Crippen LogP contribution in [0.1, 0.15) is 39.0 Å². The van der Waals surface area contributed by atoms with Crippen LogP contribution in [-0.2, 0) is 4.74 Å². The van der Waals surface area contributed by atoms with E-state index in [1.54, 1.807) is 7.11 Å². The van der Waals surface area contributed by atoms with Crippen LogP contribution in [-0.4, -0.2) is 31.4 Å². The highest BCUT2D eigenvalue weighted by molar-refractivity contribution is 7.80. The summed E-state index contributed by atoms with van der Waals surface area (Å²) in [5, 5.41) is 7.39. The third-order valence-electron chi connectivity index (χ3n) is 3.34. The summed E-state index contributed by atoms with van der Waals surface area (Å²) < 4.78 is 4.97. The molecule has 2 N–H and O–H groups in total. The van der Waals surface area contributed by atoms with E-state index in [-0.39, 0.29) is 0 Å². The Bertz CT molecular complexity index is 211. The fourth-order valence-electron chi connectivity index (χ4n) is 2.37. The van der Waals surface area contributed by atoms with Gasteiger partial charge in [-0.15, -0.1) is 0 Å². The van der Waals surface area contributed by atoms with Gasteiger partial charge < -0.3 is 15.4 Å². The Morgan fingerprint density at radius 3 is 2.81 bits per heavy atom. The minimum atomic E-state index is 0.571. The summed E-state index contributed by atoms with van der Waals surface area (Å²) in [6.07, 6.45) is 6.55. The van der Waals surface area contributed by atoms with Gasteiger partial charge in [0.15, 0.2) is 5.11 Å². The lowest BCUT2D eigenvalue weighted by atomic mass is 9.83. The van der Waals surface area contributed by atoms with E-state index >= 15 is 0 Å². The lowest BCUT2D eigenvalue weighted by Gasteiger charge is -2.32. The van der Waals surface area contributed by atoms with Gasteiger partial charge in [0, 0.05) is 19.7 Å². The normalized spacial score (nSPS) is 25.1. The summed E-state index contributed by atoms with van der Waals surface area (Å²) in [5.74, 6) is 0.788. The molecule has 1 saturated carbocycles. The Hall–Kier alpha value is -0.350. The highest BCUT2D eigenvalue weighted by Gasteiger charge is 2.23. The topological polar surface area (TPSA) is 33.3 Å². The van der Waals surface area contributed by atoms with Crippen LogP contribution in [0, 0.1) is 5.92 Å². The van der Waals surface area contributed by atoms with Gasteiger partial charge >= 0.3 is 0 Å². The van der Waals surface area contributed by atoms with Crippen LogP contribution in [0.15, 0.2) is 0 Å². The second-order valence-electron chi connectivity index (χ2n) is 4.45. The molecule has 4 heteroatoms. The molecule has 0 heterocycles. The predicted octanol–water partition coefficient (Wildman–Crippen LogP) is 2.07. The van der Waals surface area contributed by atoms with E-state index in [9.17, 15) is 0 Å². The average Bonchev–Trinajstić information content (AvgIpc) is 2.30. The van der Waals surface area contributed by atoms with Crippen LogP contribution in [0.4, 0.5) is 0 Å². The molecule has 0 bridgehead atoms. The third kappa shape index (κ3) is 4.66. The molecule has 0 amide bonds. The Morgan fingerprint density at radius 2 is 2.12 bits per heavy atom. The van der Waals surface area contributed by atoms with Crippen molar-refractivity contribution in [2.45, 2.75) is 45.1 Å². The molecule has 0 aromatic carbocycles. The van der Waals surface area contributed by atoms with E-state index in [1.165, 1.54) is 32.1 Å². The number of ether oxygens (including phenoxy) is 1. The van der Waals surface area contributed by atoms with E-state index in [4.69, 9.17) is 17.0 Å². The molecule has 0 aromatic rings. The molecule has 0 radical (unpaired) electrons. The van der Waals surface area contributed by atoms with Crippen molar-refractivity contribution in [2.24, 2.45) is 5.92 Å². The van der Waals surface area contributed by atoms with Crippen LogP contribution in [0.2, 0.25) is 0 Å². The average molecular weight is 244 g/mol. The first-order valence-corrected chi connectivity index (χ1v) is 6.72. The lowest BCUT2D eigenvalue weighted by molar-refractivity contribution is 0.203. The molecule has 0 aromatic heterocycles. The summed E-state index contributed by atoms with van der Waals surface area (Å²) in [7, 11) is 1.70. The number of methoxy groups -OCH3 is 1. The van der Waals surface area contributed by atoms with E-state index in [1.807, 2.05) is 0 Å². The molecule has 16 heavy (non-hydrogen) atoms. The second kappa shape index (κ2) is 7.85. The van der Waals surface area contributed by atoms with Gasteiger partial charge in [-0.05, 0) is 31.0 Å². The SMILES string of the molecule is CCC1CCCCC1NC(=S)NCCOC. The monoisotopic (exact) mass is 244 g/mol. The standard InChI is InChI=1S/C12H24N2OS/c1-3-10-6-4-5-7-11(10)14-12(16)13-8-9-15-2/h10-11H,3-9H2,1-2H3,(H2,13,14,16). The van der Waals surface area contributed by atoms with E-state index < -0.39 is 0 Å². The van der Waals surface area contributed by atoms with Gasteiger partial charge in [-0.2, -0.15) is 0 Å². The van der Waals surface area contributed by atoms with Crippen molar-refractivity contribution in [2.75, 3.05) is 20.3 Å². The van der Waals surface area contributed by atoms with Gasteiger partial charge in [-0.3, -0.25) is 0 Å². The lowest BCUT2D eigenvalue weighted by Crippen LogP contribution is -2.47. The Balaban J connectivity index is 2.25. The van der Waals surface area contributed by atoms with Crippen LogP contribution in [0.25, 0.3) is 0 Å². The van der Waals surface area contributed by atoms with E-state index in [0.717, 1.165) is 17.6 Å². The first-order valence-electron chi connectivity index (χ1n) is 6.31. The quantitative estimate of drug-likeness (QED) is 0.573. The van der Waals surface area contributed by atoms with Crippen molar-refractivity contribution in [1.29, 1.82) is 0 Å². The van der Waals surface area contributed by atoms with Gasteiger partial charge in [0.05, 0.1) is 6.61 Å². The second-order valence-corrected chi connectivity index (χ2v) is 4.86. The Morgan fingerprint density at radius 1 is 1.38 bits per heavy atom. The molecule has 94 valence electrons. The molecule has 3 nitrogen and oxygen atoms in total. The molecule has 0 aliphatic heterocycles. The zero-order valence-electron chi connectivity index (χ0n) is 10.4. The molecule has 1 aliphatic rings. The molecule has 1 aliphatic carbocycles. The molecule has 2 unspecified atom stereocenters. The van der Waals surface area contributed by atoms with Crippen molar-refractivity contribution < 1.29 is 4.74 Å². The number of thiocarbonyl (C=S) groups is 1. The number of hydrogen-bond acceptors (Lipinski definition) is 2. The first kappa shape index (κ1) is 13.7. The summed E-state index contributed by atoms with van der Waals surface area (Å²) in [6, 6.07) is 0.571. The highest BCUT2D eigenvalue weighted by atomic mass is 32.1. The number of rotatable bonds is 5. The van der Waals surface area contributed by atoms with E-state index in [0.29, 0.717) is 12.6 Å².